The van der Waals surface area contributed by atoms with Gasteiger partial charge in [-0.05, 0) is 18.9 Å². The maximum absolute atomic E-state index is 13.4. The van der Waals surface area contributed by atoms with Crippen LogP contribution in [0.4, 0.5) is 0 Å². The van der Waals surface area contributed by atoms with Crippen LogP contribution in [0.5, 0.6) is 0 Å². The lowest BCUT2D eigenvalue weighted by Gasteiger charge is -2.18. The molecular weight excluding hydrogens is 362 g/mol. The molecule has 2 aromatic carbocycles. The average molecular weight is 385 g/mol. The van der Waals surface area contributed by atoms with Crippen molar-refractivity contribution in [3.05, 3.63) is 93.3 Å². The number of rotatable bonds is 5. The molecule has 4 rings (SSSR count). The number of hydrogen-bond donors (Lipinski definition) is 0. The lowest BCUT2D eigenvalue weighted by Crippen LogP contribution is -2.24. The van der Waals surface area contributed by atoms with Gasteiger partial charge in [0.15, 0.2) is 11.6 Å². The second kappa shape index (κ2) is 7.28. The first-order chi connectivity index (χ1) is 14.0. The van der Waals surface area contributed by atoms with Gasteiger partial charge in [0.2, 0.25) is 5.78 Å². The average Bonchev–Trinajstić information content (AvgIpc) is 3.07. The number of Topliss-reactive ketones (excluding diaryl/α,β-unsaturated/α-hetero) is 1. The van der Waals surface area contributed by atoms with Crippen LogP contribution in [-0.4, -0.2) is 21.9 Å². The summed E-state index contributed by atoms with van der Waals surface area (Å²) in [5.41, 5.74) is 4.78. The van der Waals surface area contributed by atoms with Gasteiger partial charge in [-0.25, -0.2) is 0 Å². The van der Waals surface area contributed by atoms with E-state index in [-0.39, 0.29) is 29.3 Å². The molecule has 0 saturated heterocycles. The van der Waals surface area contributed by atoms with Crippen molar-refractivity contribution in [2.24, 2.45) is 0 Å². The summed E-state index contributed by atoms with van der Waals surface area (Å²) >= 11 is 0. The van der Waals surface area contributed by atoms with Gasteiger partial charge in [0.1, 0.15) is 5.69 Å². The van der Waals surface area contributed by atoms with Crippen LogP contribution in [0.2, 0.25) is 0 Å². The van der Waals surface area contributed by atoms with Crippen molar-refractivity contribution in [2.45, 2.75) is 40.2 Å². The first-order valence-electron chi connectivity index (χ1n) is 10.00. The molecule has 0 atom stereocenters. The summed E-state index contributed by atoms with van der Waals surface area (Å²) in [5.74, 6) is -0.516. The van der Waals surface area contributed by atoms with Crippen molar-refractivity contribution < 1.29 is 14.4 Å². The second-order valence-electron chi connectivity index (χ2n) is 7.45. The van der Waals surface area contributed by atoms with Gasteiger partial charge in [-0.1, -0.05) is 67.9 Å². The molecule has 0 spiro atoms. The van der Waals surface area contributed by atoms with Gasteiger partial charge in [-0.2, -0.15) is 0 Å². The fraction of sp³-hybridized carbons (Fsp3) is 0.240. The van der Waals surface area contributed by atoms with Gasteiger partial charge in [-0.3, -0.25) is 14.4 Å². The van der Waals surface area contributed by atoms with Gasteiger partial charge in [-0.15, -0.1) is 0 Å². The minimum absolute atomic E-state index is 0.0960. The van der Waals surface area contributed by atoms with Crippen molar-refractivity contribution in [3.63, 3.8) is 0 Å². The standard InChI is InChI=1S/C25H23NO3/c1-4-19-21(20(27)5-2)22-23(26(19)14-16-12-10-15(3)11-13-16)25(29)18-9-7-6-8-17(18)24(22)28/h6-13H,4-5,14H2,1-3H3. The largest absolute Gasteiger partial charge is 0.336 e. The Morgan fingerprint density at radius 2 is 1.52 bits per heavy atom. The Kier molecular flexibility index (Phi) is 4.79. The van der Waals surface area contributed by atoms with Crippen LogP contribution in [0.3, 0.4) is 0 Å². The Morgan fingerprint density at radius 3 is 2.10 bits per heavy atom. The highest BCUT2D eigenvalue weighted by Crippen LogP contribution is 2.35. The van der Waals surface area contributed by atoms with E-state index in [0.717, 1.165) is 16.8 Å². The third kappa shape index (κ3) is 2.96. The zero-order valence-corrected chi connectivity index (χ0v) is 16.9. The third-order valence-electron chi connectivity index (χ3n) is 5.63. The molecule has 1 aliphatic carbocycles. The van der Waals surface area contributed by atoms with Gasteiger partial charge in [0.05, 0.1) is 11.1 Å². The van der Waals surface area contributed by atoms with Crippen LogP contribution in [0.15, 0.2) is 48.5 Å². The topological polar surface area (TPSA) is 56.1 Å². The van der Waals surface area contributed by atoms with Crippen LogP contribution in [0.25, 0.3) is 0 Å². The SMILES string of the molecule is CCC(=O)c1c2c(n(Cc3ccc(C)cc3)c1CC)C(=O)c1ccccc1C2=O. The normalized spacial score (nSPS) is 12.7. The number of ketones is 3. The van der Waals surface area contributed by atoms with Crippen LogP contribution >= 0.6 is 0 Å². The van der Waals surface area contributed by atoms with E-state index in [9.17, 15) is 14.4 Å². The third-order valence-corrected chi connectivity index (χ3v) is 5.63. The molecule has 29 heavy (non-hydrogen) atoms. The lowest BCUT2D eigenvalue weighted by molar-refractivity contribution is 0.0959. The molecule has 4 nitrogen and oxygen atoms in total. The van der Waals surface area contributed by atoms with Crippen LogP contribution in [0.1, 0.15) is 79.4 Å². The van der Waals surface area contributed by atoms with E-state index in [1.54, 1.807) is 31.2 Å². The zero-order valence-electron chi connectivity index (χ0n) is 16.9. The molecule has 0 saturated carbocycles. The smallest absolute Gasteiger partial charge is 0.210 e. The predicted octanol–water partition coefficient (Wildman–Crippen LogP) is 4.78. The highest BCUT2D eigenvalue weighted by atomic mass is 16.1. The van der Waals surface area contributed by atoms with E-state index in [1.807, 2.05) is 42.7 Å². The van der Waals surface area contributed by atoms with Gasteiger partial charge in [0, 0.05) is 29.8 Å². The fourth-order valence-corrected chi connectivity index (χ4v) is 4.16. The first kappa shape index (κ1) is 19.1. The number of aromatic nitrogens is 1. The van der Waals surface area contributed by atoms with Crippen LogP contribution in [-0.2, 0) is 13.0 Å². The van der Waals surface area contributed by atoms with Crippen molar-refractivity contribution in [1.82, 2.24) is 4.57 Å². The van der Waals surface area contributed by atoms with Crippen molar-refractivity contribution in [1.29, 1.82) is 0 Å². The number of nitrogens with zero attached hydrogens (tertiary/aromatic N) is 1. The predicted molar refractivity (Wildman–Crippen MR) is 112 cm³/mol. The quantitative estimate of drug-likeness (QED) is 0.465. The Hall–Kier alpha value is -3.27. The molecule has 0 radical (unpaired) electrons. The van der Waals surface area contributed by atoms with E-state index < -0.39 is 0 Å². The van der Waals surface area contributed by atoms with E-state index in [4.69, 9.17) is 0 Å². The number of benzene rings is 2. The highest BCUT2D eigenvalue weighted by Gasteiger charge is 2.38. The summed E-state index contributed by atoms with van der Waals surface area (Å²) in [7, 11) is 0. The van der Waals surface area contributed by atoms with Gasteiger partial charge >= 0.3 is 0 Å². The summed E-state index contributed by atoms with van der Waals surface area (Å²) in [6.45, 7) is 6.22. The molecule has 0 N–H and O–H groups in total. The summed E-state index contributed by atoms with van der Waals surface area (Å²) in [6, 6.07) is 15.0. The minimum atomic E-state index is -0.232. The van der Waals surface area contributed by atoms with Crippen LogP contribution in [0, 0.1) is 6.92 Å². The Labute approximate surface area is 170 Å². The molecule has 3 aromatic rings. The maximum atomic E-state index is 13.4. The molecule has 1 aliphatic rings. The lowest BCUT2D eigenvalue weighted by atomic mass is 9.85. The molecule has 0 unspecified atom stereocenters. The zero-order chi connectivity index (χ0) is 20.7. The van der Waals surface area contributed by atoms with Crippen LogP contribution < -0.4 is 0 Å². The second-order valence-corrected chi connectivity index (χ2v) is 7.45. The molecule has 1 heterocycles. The van der Waals surface area contributed by atoms with E-state index in [2.05, 4.69) is 0 Å². The summed E-state index contributed by atoms with van der Waals surface area (Å²) in [6.07, 6.45) is 0.855. The van der Waals surface area contributed by atoms with Crippen molar-refractivity contribution in [2.75, 3.05) is 0 Å². The molecule has 4 heteroatoms. The molecule has 0 fully saturated rings. The first-order valence-corrected chi connectivity index (χ1v) is 10.00. The highest BCUT2D eigenvalue weighted by molar-refractivity contribution is 6.31. The molecular formula is C25H23NO3. The van der Waals surface area contributed by atoms with E-state index in [0.29, 0.717) is 35.3 Å². The monoisotopic (exact) mass is 385 g/mol. The molecule has 146 valence electrons. The number of aryl methyl sites for hydroxylation is 1. The van der Waals surface area contributed by atoms with Gasteiger partial charge in [0.25, 0.3) is 0 Å². The minimum Gasteiger partial charge on any atom is -0.336 e. The summed E-state index contributed by atoms with van der Waals surface area (Å²) in [5, 5.41) is 0. The number of hydrogen-bond acceptors (Lipinski definition) is 3. The Balaban J connectivity index is 2.00. The van der Waals surface area contributed by atoms with Gasteiger partial charge < -0.3 is 4.57 Å². The number of carbonyl (C=O) groups is 3. The van der Waals surface area contributed by atoms with Crippen molar-refractivity contribution >= 4 is 17.3 Å². The summed E-state index contributed by atoms with van der Waals surface area (Å²) in [4.78, 5) is 39.6. The number of fused-ring (bicyclic) bond motifs is 2. The molecule has 0 amide bonds. The molecule has 0 aliphatic heterocycles. The fourth-order valence-electron chi connectivity index (χ4n) is 4.16. The maximum Gasteiger partial charge on any atom is 0.210 e. The Bertz CT molecular complexity index is 1150. The summed E-state index contributed by atoms with van der Waals surface area (Å²) < 4.78 is 1.89. The van der Waals surface area contributed by atoms with E-state index >= 15 is 0 Å². The van der Waals surface area contributed by atoms with E-state index in [1.165, 1.54) is 0 Å². The molecule has 1 aromatic heterocycles. The van der Waals surface area contributed by atoms with Crippen molar-refractivity contribution in [3.8, 4) is 0 Å². The molecule has 0 bridgehead atoms. The Morgan fingerprint density at radius 1 is 0.897 bits per heavy atom. The number of carbonyl (C=O) groups excluding carboxylic acids is 3.